The van der Waals surface area contributed by atoms with E-state index in [4.69, 9.17) is 22.1 Å². The summed E-state index contributed by atoms with van der Waals surface area (Å²) < 4.78 is 6.59. The van der Waals surface area contributed by atoms with Crippen molar-refractivity contribution in [3.8, 4) is 0 Å². The molecule has 25 heavy (non-hydrogen) atoms. The number of morpholine rings is 1. The van der Waals surface area contributed by atoms with E-state index in [0.29, 0.717) is 39.3 Å². The molecule has 0 saturated carbocycles. The van der Waals surface area contributed by atoms with Crippen molar-refractivity contribution in [3.05, 3.63) is 20.8 Å². The highest BCUT2D eigenvalue weighted by Gasteiger charge is 2.25. The zero-order chi connectivity index (χ0) is 18.4. The lowest BCUT2D eigenvalue weighted by Crippen LogP contribution is -3.14. The van der Waals surface area contributed by atoms with Gasteiger partial charge in [0.2, 0.25) is 5.91 Å². The number of halogens is 1. The Kier molecular flexibility index (Phi) is 7.03. The number of nitrogens with zero attached hydrogens (tertiary/aromatic N) is 2. The van der Waals surface area contributed by atoms with Crippen molar-refractivity contribution in [1.29, 1.82) is 0 Å². The highest BCUT2D eigenvalue weighted by molar-refractivity contribution is 6.29. The number of aromatic amines is 1. The number of hydrogen-bond donors (Lipinski definition) is 3. The number of carbonyl (C=O) groups excluding carboxylic acids is 1. The molecule has 0 radical (unpaired) electrons. The van der Waals surface area contributed by atoms with Gasteiger partial charge < -0.3 is 15.4 Å². The summed E-state index contributed by atoms with van der Waals surface area (Å²) in [5.41, 5.74) is 4.79. The van der Waals surface area contributed by atoms with Crippen LogP contribution in [0.4, 0.5) is 11.5 Å². The smallest absolute Gasteiger partial charge is 0.330 e. The first kappa shape index (κ1) is 19.5. The van der Waals surface area contributed by atoms with E-state index in [1.54, 1.807) is 0 Å². The van der Waals surface area contributed by atoms with Gasteiger partial charge in [0.05, 0.1) is 26.3 Å². The maximum atomic E-state index is 12.3. The quantitative estimate of drug-likeness (QED) is 0.478. The molecular weight excluding hydrogens is 350 g/mol. The maximum Gasteiger partial charge on any atom is 0.330 e. The standard InChI is InChI=1S/C15H24ClN5O4/c1-2-3-21-13(17)12(14(23)18-15(21)24)20(11(22)10-16)5-4-19-6-8-25-9-7-19/h2-10,17H2,1H3,(H,18,23,24)/p+1. The van der Waals surface area contributed by atoms with Gasteiger partial charge in [-0.15, -0.1) is 11.6 Å². The number of amides is 1. The van der Waals surface area contributed by atoms with Crippen molar-refractivity contribution in [3.63, 3.8) is 0 Å². The van der Waals surface area contributed by atoms with Gasteiger partial charge >= 0.3 is 5.69 Å². The number of H-pyrrole nitrogens is 1. The number of hydrogen-bond acceptors (Lipinski definition) is 5. The molecule has 10 heteroatoms. The minimum Gasteiger partial charge on any atom is -0.383 e. The normalized spacial score (nSPS) is 15.3. The fraction of sp³-hybridized carbons (Fsp3) is 0.667. The summed E-state index contributed by atoms with van der Waals surface area (Å²) in [5.74, 6) is -0.705. The molecule has 1 aliphatic heterocycles. The highest BCUT2D eigenvalue weighted by atomic mass is 35.5. The molecule has 140 valence electrons. The lowest BCUT2D eigenvalue weighted by atomic mass is 10.3. The number of alkyl halides is 1. The van der Waals surface area contributed by atoms with Crippen molar-refractivity contribution in [2.45, 2.75) is 19.9 Å². The second kappa shape index (κ2) is 9.02. The Balaban J connectivity index is 2.33. The molecular formula is C15H25ClN5O4+. The fourth-order valence-electron chi connectivity index (χ4n) is 2.90. The van der Waals surface area contributed by atoms with E-state index in [-0.39, 0.29) is 17.4 Å². The molecule has 1 aliphatic rings. The van der Waals surface area contributed by atoms with E-state index < -0.39 is 17.2 Å². The largest absolute Gasteiger partial charge is 0.383 e. The van der Waals surface area contributed by atoms with Crippen LogP contribution in [0.2, 0.25) is 0 Å². The Morgan fingerprint density at radius 1 is 1.40 bits per heavy atom. The summed E-state index contributed by atoms with van der Waals surface area (Å²) in [6.07, 6.45) is 0.664. The SMILES string of the molecule is CCCn1c(N)c(N(CC[NH+]2CCOCC2)C(=O)CCl)c(=O)[nH]c1=O. The summed E-state index contributed by atoms with van der Waals surface area (Å²) in [4.78, 5) is 41.4. The van der Waals surface area contributed by atoms with Gasteiger partial charge in [0.15, 0.2) is 5.69 Å². The van der Waals surface area contributed by atoms with Gasteiger partial charge in [-0.3, -0.25) is 24.0 Å². The molecule has 0 aromatic carbocycles. The third kappa shape index (κ3) is 4.62. The molecule has 1 fully saturated rings. The van der Waals surface area contributed by atoms with E-state index in [1.807, 2.05) is 6.92 Å². The number of ether oxygens (including phenoxy) is 1. The molecule has 0 atom stereocenters. The molecule has 2 rings (SSSR count). The van der Waals surface area contributed by atoms with E-state index in [2.05, 4.69) is 4.98 Å². The lowest BCUT2D eigenvalue weighted by molar-refractivity contribution is -0.906. The number of anilines is 2. The fourth-order valence-corrected chi connectivity index (χ4v) is 3.04. The van der Waals surface area contributed by atoms with Crippen molar-refractivity contribution in [1.82, 2.24) is 9.55 Å². The molecule has 0 aliphatic carbocycles. The third-order valence-corrected chi connectivity index (χ3v) is 4.46. The van der Waals surface area contributed by atoms with E-state index >= 15 is 0 Å². The summed E-state index contributed by atoms with van der Waals surface area (Å²) in [6.45, 7) is 6.18. The summed E-state index contributed by atoms with van der Waals surface area (Å²) in [5, 5.41) is 0. The van der Waals surface area contributed by atoms with E-state index in [1.165, 1.54) is 14.4 Å². The lowest BCUT2D eigenvalue weighted by Gasteiger charge is -2.28. The molecule has 1 aromatic heterocycles. The van der Waals surface area contributed by atoms with Gasteiger partial charge in [-0.1, -0.05) is 6.92 Å². The summed E-state index contributed by atoms with van der Waals surface area (Å²) in [7, 11) is 0. The van der Waals surface area contributed by atoms with Gasteiger partial charge in [-0.25, -0.2) is 4.79 Å². The third-order valence-electron chi connectivity index (χ3n) is 4.24. The molecule has 1 amide bonds. The number of rotatable bonds is 7. The molecule has 0 bridgehead atoms. The second-order valence-electron chi connectivity index (χ2n) is 5.94. The van der Waals surface area contributed by atoms with Crippen LogP contribution in [0.5, 0.6) is 0 Å². The first-order chi connectivity index (χ1) is 12.0. The van der Waals surface area contributed by atoms with Crippen LogP contribution in [-0.4, -0.2) is 60.7 Å². The molecule has 0 spiro atoms. The van der Waals surface area contributed by atoms with Gasteiger partial charge in [0.1, 0.15) is 24.8 Å². The first-order valence-corrected chi connectivity index (χ1v) is 8.93. The van der Waals surface area contributed by atoms with Crippen LogP contribution in [0.15, 0.2) is 9.59 Å². The Bertz CT molecular complexity index is 711. The van der Waals surface area contributed by atoms with Crippen LogP contribution in [0, 0.1) is 0 Å². The predicted molar refractivity (Wildman–Crippen MR) is 95.5 cm³/mol. The second-order valence-corrected chi connectivity index (χ2v) is 6.20. The van der Waals surface area contributed by atoms with Crippen molar-refractivity contribution in [2.75, 3.05) is 55.9 Å². The minimum atomic E-state index is -0.676. The zero-order valence-corrected chi connectivity index (χ0v) is 15.1. The van der Waals surface area contributed by atoms with Gasteiger partial charge in [-0.2, -0.15) is 0 Å². The summed E-state index contributed by atoms with van der Waals surface area (Å²) in [6, 6.07) is 0. The number of quaternary nitrogens is 1. The zero-order valence-electron chi connectivity index (χ0n) is 14.3. The number of carbonyl (C=O) groups is 1. The average molecular weight is 375 g/mol. The topological polar surface area (TPSA) is 115 Å². The number of nitrogens with two attached hydrogens (primary N) is 1. The van der Waals surface area contributed by atoms with Crippen molar-refractivity contribution >= 4 is 29.0 Å². The molecule has 4 N–H and O–H groups in total. The van der Waals surface area contributed by atoms with Gasteiger partial charge in [0, 0.05) is 6.54 Å². The highest BCUT2D eigenvalue weighted by Crippen LogP contribution is 2.17. The minimum absolute atomic E-state index is 0.00800. The molecule has 1 saturated heterocycles. The van der Waals surface area contributed by atoms with E-state index in [9.17, 15) is 14.4 Å². The van der Waals surface area contributed by atoms with Crippen LogP contribution in [-0.2, 0) is 16.1 Å². The van der Waals surface area contributed by atoms with Crippen molar-refractivity contribution in [2.24, 2.45) is 0 Å². The van der Waals surface area contributed by atoms with Crippen LogP contribution in [0.25, 0.3) is 0 Å². The molecule has 2 heterocycles. The van der Waals surface area contributed by atoms with E-state index in [0.717, 1.165) is 13.1 Å². The number of nitrogen functional groups attached to an aromatic ring is 1. The van der Waals surface area contributed by atoms with Crippen molar-refractivity contribution < 1.29 is 14.4 Å². The van der Waals surface area contributed by atoms with Gasteiger partial charge in [-0.05, 0) is 6.42 Å². The monoisotopic (exact) mass is 374 g/mol. The average Bonchev–Trinajstić information content (AvgIpc) is 2.61. The number of aromatic nitrogens is 2. The first-order valence-electron chi connectivity index (χ1n) is 8.39. The Morgan fingerprint density at radius 2 is 2.08 bits per heavy atom. The number of nitrogens with one attached hydrogen (secondary N) is 2. The molecule has 1 aromatic rings. The maximum absolute atomic E-state index is 12.3. The Labute approximate surface area is 150 Å². The van der Waals surface area contributed by atoms with Crippen LogP contribution < -0.4 is 26.8 Å². The molecule has 0 unspecified atom stereocenters. The van der Waals surface area contributed by atoms with Crippen LogP contribution in [0.3, 0.4) is 0 Å². The predicted octanol–water partition coefficient (Wildman–Crippen LogP) is -1.98. The van der Waals surface area contributed by atoms with Gasteiger partial charge in [0.25, 0.3) is 5.56 Å². The molecule has 9 nitrogen and oxygen atoms in total. The van der Waals surface area contributed by atoms with Crippen LogP contribution in [0.1, 0.15) is 13.3 Å². The Morgan fingerprint density at radius 3 is 2.68 bits per heavy atom. The summed E-state index contributed by atoms with van der Waals surface area (Å²) >= 11 is 5.72. The van der Waals surface area contributed by atoms with Crippen LogP contribution >= 0.6 is 11.6 Å². The Hall–Kier alpha value is -1.84.